The molecule has 18 heavy (non-hydrogen) atoms. The summed E-state index contributed by atoms with van der Waals surface area (Å²) in [6.07, 6.45) is -3.70. The normalized spacial score (nSPS) is 13.9. The maximum absolute atomic E-state index is 12.6. The summed E-state index contributed by atoms with van der Waals surface area (Å²) in [5.74, 6) is 0. The maximum Gasteiger partial charge on any atom is 0.416 e. The van der Waals surface area contributed by atoms with Gasteiger partial charge in [-0.1, -0.05) is 30.0 Å². The molecule has 1 heterocycles. The Labute approximate surface area is 107 Å². The zero-order valence-electron chi connectivity index (χ0n) is 9.29. The molecule has 0 amide bonds. The number of fused-ring (bicyclic) bond motifs is 2. The third kappa shape index (κ3) is 2.01. The Bertz CT molecular complexity index is 602. The molecule has 0 saturated heterocycles. The summed E-state index contributed by atoms with van der Waals surface area (Å²) in [5.41, 5.74) is 1.28. The Morgan fingerprint density at radius 1 is 0.889 bits per heavy atom. The van der Waals surface area contributed by atoms with Crippen molar-refractivity contribution in [3.63, 3.8) is 0 Å². The summed E-state index contributed by atoms with van der Waals surface area (Å²) in [6, 6.07) is 11.8. The van der Waals surface area contributed by atoms with Crippen molar-refractivity contribution in [3.05, 3.63) is 59.2 Å². The molecule has 0 spiro atoms. The van der Waals surface area contributed by atoms with E-state index in [1.54, 1.807) is 6.07 Å². The fourth-order valence-electron chi connectivity index (χ4n) is 2.07. The summed E-state index contributed by atoms with van der Waals surface area (Å²) >= 11 is 1.53. The highest BCUT2D eigenvalue weighted by atomic mass is 32.2. The predicted molar refractivity (Wildman–Crippen MR) is 64.8 cm³/mol. The molecule has 0 fully saturated rings. The second-order valence-electron chi connectivity index (χ2n) is 4.21. The zero-order chi connectivity index (χ0) is 12.8. The van der Waals surface area contributed by atoms with Gasteiger partial charge in [-0.05, 0) is 41.8 Å². The number of benzene rings is 2. The van der Waals surface area contributed by atoms with E-state index in [0.29, 0.717) is 6.42 Å². The van der Waals surface area contributed by atoms with Gasteiger partial charge in [-0.25, -0.2) is 0 Å². The van der Waals surface area contributed by atoms with Gasteiger partial charge < -0.3 is 0 Å². The van der Waals surface area contributed by atoms with E-state index in [2.05, 4.69) is 0 Å². The maximum atomic E-state index is 12.6. The van der Waals surface area contributed by atoms with Crippen LogP contribution < -0.4 is 0 Å². The Morgan fingerprint density at radius 3 is 2.39 bits per heavy atom. The molecule has 0 unspecified atom stereocenters. The van der Waals surface area contributed by atoms with E-state index in [-0.39, 0.29) is 0 Å². The molecule has 0 bridgehead atoms. The quantitative estimate of drug-likeness (QED) is 0.565. The van der Waals surface area contributed by atoms with Gasteiger partial charge in [0, 0.05) is 9.79 Å². The van der Waals surface area contributed by atoms with Crippen LogP contribution in [0.4, 0.5) is 13.2 Å². The lowest BCUT2D eigenvalue weighted by molar-refractivity contribution is -0.137. The van der Waals surface area contributed by atoms with Crippen LogP contribution in [0.1, 0.15) is 16.7 Å². The lowest BCUT2D eigenvalue weighted by atomic mass is 10.0. The van der Waals surface area contributed by atoms with Crippen LogP contribution in [0.25, 0.3) is 0 Å². The van der Waals surface area contributed by atoms with Crippen LogP contribution in [-0.2, 0) is 12.6 Å². The molecule has 4 heteroatoms. The lowest BCUT2D eigenvalue weighted by Crippen LogP contribution is -2.07. The SMILES string of the molecule is FC(F)(F)c1ccc2c(c1)Cc1ccccc1S2. The topological polar surface area (TPSA) is 0 Å². The Morgan fingerprint density at radius 2 is 1.61 bits per heavy atom. The van der Waals surface area contributed by atoms with E-state index in [1.165, 1.54) is 17.8 Å². The van der Waals surface area contributed by atoms with Crippen molar-refractivity contribution in [2.24, 2.45) is 0 Å². The first-order chi connectivity index (χ1) is 8.54. The van der Waals surface area contributed by atoms with Crippen LogP contribution >= 0.6 is 11.8 Å². The molecular weight excluding hydrogens is 257 g/mol. The average Bonchev–Trinajstić information content (AvgIpc) is 2.34. The highest BCUT2D eigenvalue weighted by molar-refractivity contribution is 7.99. The molecule has 0 atom stereocenters. The third-order valence-corrected chi connectivity index (χ3v) is 4.20. The fourth-order valence-corrected chi connectivity index (χ4v) is 3.12. The van der Waals surface area contributed by atoms with Gasteiger partial charge in [0.2, 0.25) is 0 Å². The zero-order valence-corrected chi connectivity index (χ0v) is 10.1. The highest BCUT2D eigenvalue weighted by Crippen LogP contribution is 2.41. The van der Waals surface area contributed by atoms with E-state index < -0.39 is 11.7 Å². The van der Waals surface area contributed by atoms with Gasteiger partial charge in [0.15, 0.2) is 0 Å². The average molecular weight is 266 g/mol. The molecule has 2 aromatic carbocycles. The van der Waals surface area contributed by atoms with Crippen molar-refractivity contribution in [1.29, 1.82) is 0 Å². The minimum atomic E-state index is -4.27. The van der Waals surface area contributed by atoms with Crippen molar-refractivity contribution in [2.75, 3.05) is 0 Å². The van der Waals surface area contributed by atoms with Crippen LogP contribution in [0.2, 0.25) is 0 Å². The molecule has 3 rings (SSSR count). The van der Waals surface area contributed by atoms with Crippen LogP contribution in [0.3, 0.4) is 0 Å². The Hall–Kier alpha value is -1.42. The second kappa shape index (κ2) is 4.05. The minimum absolute atomic E-state index is 0.568. The summed E-state index contributed by atoms with van der Waals surface area (Å²) in [6.45, 7) is 0. The van der Waals surface area contributed by atoms with Gasteiger partial charge in [0.1, 0.15) is 0 Å². The molecule has 1 aliphatic rings. The van der Waals surface area contributed by atoms with E-state index >= 15 is 0 Å². The molecule has 92 valence electrons. The lowest BCUT2D eigenvalue weighted by Gasteiger charge is -2.20. The summed E-state index contributed by atoms with van der Waals surface area (Å²) < 4.78 is 37.9. The summed E-state index contributed by atoms with van der Waals surface area (Å²) in [4.78, 5) is 2.05. The number of hydrogen-bond acceptors (Lipinski definition) is 1. The van der Waals surface area contributed by atoms with Crippen molar-refractivity contribution in [2.45, 2.75) is 22.4 Å². The first-order valence-electron chi connectivity index (χ1n) is 5.50. The number of halogens is 3. The smallest absolute Gasteiger partial charge is 0.166 e. The second-order valence-corrected chi connectivity index (χ2v) is 5.29. The molecule has 0 N–H and O–H groups in total. The van der Waals surface area contributed by atoms with Crippen LogP contribution in [-0.4, -0.2) is 0 Å². The van der Waals surface area contributed by atoms with Crippen molar-refractivity contribution < 1.29 is 13.2 Å². The largest absolute Gasteiger partial charge is 0.416 e. The van der Waals surface area contributed by atoms with Gasteiger partial charge in [0.05, 0.1) is 5.56 Å². The standard InChI is InChI=1S/C14H9F3S/c15-14(16,17)11-5-6-13-10(8-11)7-9-3-1-2-4-12(9)18-13/h1-6,8H,7H2. The van der Waals surface area contributed by atoms with Crippen LogP contribution in [0, 0.1) is 0 Å². The van der Waals surface area contributed by atoms with Crippen LogP contribution in [0.15, 0.2) is 52.3 Å². The van der Waals surface area contributed by atoms with Gasteiger partial charge >= 0.3 is 6.18 Å². The van der Waals surface area contributed by atoms with Gasteiger partial charge in [0.25, 0.3) is 0 Å². The molecular formula is C14H9F3S. The monoisotopic (exact) mass is 266 g/mol. The molecule has 0 saturated carbocycles. The Balaban J connectivity index is 2.04. The number of alkyl halides is 3. The highest BCUT2D eigenvalue weighted by Gasteiger charge is 2.31. The number of rotatable bonds is 0. The van der Waals surface area contributed by atoms with E-state index in [4.69, 9.17) is 0 Å². The molecule has 1 aliphatic heterocycles. The molecule has 0 aliphatic carbocycles. The van der Waals surface area contributed by atoms with Gasteiger partial charge in [-0.15, -0.1) is 0 Å². The van der Waals surface area contributed by atoms with Crippen molar-refractivity contribution in [3.8, 4) is 0 Å². The van der Waals surface area contributed by atoms with Gasteiger partial charge in [-0.3, -0.25) is 0 Å². The first-order valence-corrected chi connectivity index (χ1v) is 6.31. The molecule has 0 radical (unpaired) electrons. The Kier molecular flexibility index (Phi) is 2.63. The predicted octanol–water partition coefficient (Wildman–Crippen LogP) is 4.76. The summed E-state index contributed by atoms with van der Waals surface area (Å²) in [7, 11) is 0. The third-order valence-electron chi connectivity index (χ3n) is 2.96. The van der Waals surface area contributed by atoms with Crippen molar-refractivity contribution >= 4 is 11.8 Å². The first kappa shape index (κ1) is 11.7. The van der Waals surface area contributed by atoms with E-state index in [0.717, 1.165) is 27.0 Å². The molecule has 0 aromatic heterocycles. The van der Waals surface area contributed by atoms with E-state index in [1.807, 2.05) is 24.3 Å². The van der Waals surface area contributed by atoms with Crippen LogP contribution in [0.5, 0.6) is 0 Å². The minimum Gasteiger partial charge on any atom is -0.166 e. The molecule has 2 aromatic rings. The number of hydrogen-bond donors (Lipinski definition) is 0. The summed E-state index contributed by atoms with van der Waals surface area (Å²) in [5, 5.41) is 0. The van der Waals surface area contributed by atoms with Gasteiger partial charge in [-0.2, -0.15) is 13.2 Å². The van der Waals surface area contributed by atoms with E-state index in [9.17, 15) is 13.2 Å². The van der Waals surface area contributed by atoms with Crippen molar-refractivity contribution in [1.82, 2.24) is 0 Å². The molecule has 0 nitrogen and oxygen atoms in total. The fraction of sp³-hybridized carbons (Fsp3) is 0.143.